The van der Waals surface area contributed by atoms with Crippen LogP contribution in [0.4, 0.5) is 11.4 Å². The number of carbonyl (C=O) groups excluding carboxylic acids is 1. The number of nitrogens with one attached hydrogen (secondary N) is 1. The van der Waals surface area contributed by atoms with Crippen molar-refractivity contribution >= 4 is 27.3 Å². The van der Waals surface area contributed by atoms with E-state index in [2.05, 4.69) is 20.4 Å². The third-order valence-electron chi connectivity index (χ3n) is 5.63. The third-order valence-corrected chi connectivity index (χ3v) is 7.53. The maximum absolute atomic E-state index is 13.1. The summed E-state index contributed by atoms with van der Waals surface area (Å²) in [5.41, 5.74) is 1.88. The molecule has 1 amide bonds. The van der Waals surface area contributed by atoms with Gasteiger partial charge in [-0.05, 0) is 43.2 Å². The van der Waals surface area contributed by atoms with Gasteiger partial charge in [-0.15, -0.1) is 0 Å². The van der Waals surface area contributed by atoms with Crippen molar-refractivity contribution in [3.05, 3.63) is 48.6 Å². The van der Waals surface area contributed by atoms with Crippen molar-refractivity contribution in [2.75, 3.05) is 37.4 Å². The van der Waals surface area contributed by atoms with Gasteiger partial charge in [-0.2, -0.15) is 9.29 Å². The SMILES string of the molecule is CN(C)c1ccc(S(=O)(=O)N2CCCCC2)cc1NC(=O)CCc1nc(-c2cccnc2)no1. The number of piperidine rings is 1. The van der Waals surface area contributed by atoms with E-state index in [1.54, 1.807) is 30.6 Å². The number of rotatable bonds is 8. The molecule has 1 N–H and O–H groups in total. The molecule has 3 heterocycles. The zero-order valence-electron chi connectivity index (χ0n) is 19.3. The summed E-state index contributed by atoms with van der Waals surface area (Å²) in [5.74, 6) is 0.467. The fraction of sp³-hybridized carbons (Fsp3) is 0.391. The Kier molecular flexibility index (Phi) is 7.23. The van der Waals surface area contributed by atoms with Crippen molar-refractivity contribution in [2.45, 2.75) is 37.0 Å². The molecular formula is C23H28N6O4S. The molecular weight excluding hydrogens is 456 g/mol. The number of pyridine rings is 1. The predicted molar refractivity (Wildman–Crippen MR) is 128 cm³/mol. The van der Waals surface area contributed by atoms with Crippen LogP contribution in [0.5, 0.6) is 0 Å². The van der Waals surface area contributed by atoms with Gasteiger partial charge >= 0.3 is 0 Å². The van der Waals surface area contributed by atoms with Crippen LogP contribution in [0, 0.1) is 0 Å². The molecule has 1 aliphatic heterocycles. The van der Waals surface area contributed by atoms with Crippen LogP contribution >= 0.6 is 0 Å². The van der Waals surface area contributed by atoms with E-state index in [4.69, 9.17) is 4.52 Å². The standard InChI is InChI=1S/C23H28N6O4S/c1-28(2)20-9-8-18(34(31,32)29-13-4-3-5-14-29)15-19(20)25-21(30)10-11-22-26-23(27-33-22)17-7-6-12-24-16-17/h6-9,12,15-16H,3-5,10-11,13-14H2,1-2H3,(H,25,30). The summed E-state index contributed by atoms with van der Waals surface area (Å²) >= 11 is 0. The Labute approximate surface area is 199 Å². The first kappa shape index (κ1) is 23.8. The fourth-order valence-electron chi connectivity index (χ4n) is 3.82. The van der Waals surface area contributed by atoms with Crippen LogP contribution in [0.25, 0.3) is 11.4 Å². The summed E-state index contributed by atoms with van der Waals surface area (Å²) in [6.07, 6.45) is 6.40. The molecule has 10 nitrogen and oxygen atoms in total. The quantitative estimate of drug-likeness (QED) is 0.518. The average Bonchev–Trinajstić information content (AvgIpc) is 3.33. The lowest BCUT2D eigenvalue weighted by molar-refractivity contribution is -0.116. The van der Waals surface area contributed by atoms with E-state index in [-0.39, 0.29) is 23.6 Å². The minimum Gasteiger partial charge on any atom is -0.376 e. The van der Waals surface area contributed by atoms with Gasteiger partial charge in [0.05, 0.1) is 16.3 Å². The molecule has 1 saturated heterocycles. The summed E-state index contributed by atoms with van der Waals surface area (Å²) in [7, 11) is 0.0545. The Morgan fingerprint density at radius 1 is 1.18 bits per heavy atom. The van der Waals surface area contributed by atoms with Gasteiger partial charge in [0.15, 0.2) is 0 Å². The zero-order valence-corrected chi connectivity index (χ0v) is 20.1. The van der Waals surface area contributed by atoms with Gasteiger partial charge in [0, 0.05) is 58.0 Å². The number of hydrogen-bond acceptors (Lipinski definition) is 8. The number of anilines is 2. The van der Waals surface area contributed by atoms with Gasteiger partial charge in [-0.1, -0.05) is 11.6 Å². The molecule has 1 aromatic carbocycles. The summed E-state index contributed by atoms with van der Waals surface area (Å²) in [5, 5.41) is 6.79. The summed E-state index contributed by atoms with van der Waals surface area (Å²) < 4.78 is 33.0. The van der Waals surface area contributed by atoms with Gasteiger partial charge < -0.3 is 14.7 Å². The van der Waals surface area contributed by atoms with E-state index in [1.807, 2.05) is 25.1 Å². The highest BCUT2D eigenvalue weighted by atomic mass is 32.2. The molecule has 1 fully saturated rings. The normalized spacial score (nSPS) is 14.6. The smallest absolute Gasteiger partial charge is 0.243 e. The minimum absolute atomic E-state index is 0.102. The summed E-state index contributed by atoms with van der Waals surface area (Å²) in [6.45, 7) is 1.04. The Balaban J connectivity index is 1.46. The monoisotopic (exact) mass is 484 g/mol. The Hall–Kier alpha value is -3.31. The van der Waals surface area contributed by atoms with Gasteiger partial charge in [-0.3, -0.25) is 9.78 Å². The fourth-order valence-corrected chi connectivity index (χ4v) is 5.37. The lowest BCUT2D eigenvalue weighted by Gasteiger charge is -2.26. The number of nitrogens with zero attached hydrogens (tertiary/aromatic N) is 5. The van der Waals surface area contributed by atoms with Gasteiger partial charge in [0.2, 0.25) is 27.6 Å². The van der Waals surface area contributed by atoms with Crippen LogP contribution in [0.2, 0.25) is 0 Å². The maximum Gasteiger partial charge on any atom is 0.243 e. The van der Waals surface area contributed by atoms with E-state index in [9.17, 15) is 13.2 Å². The number of amides is 1. The van der Waals surface area contributed by atoms with Crippen LogP contribution < -0.4 is 10.2 Å². The third kappa shape index (κ3) is 5.42. The largest absolute Gasteiger partial charge is 0.376 e. The molecule has 180 valence electrons. The first-order valence-electron chi connectivity index (χ1n) is 11.2. The zero-order chi connectivity index (χ0) is 24.1. The van der Waals surface area contributed by atoms with Crippen molar-refractivity contribution in [3.8, 4) is 11.4 Å². The topological polar surface area (TPSA) is 122 Å². The van der Waals surface area contributed by atoms with E-state index >= 15 is 0 Å². The summed E-state index contributed by atoms with van der Waals surface area (Å²) in [6, 6.07) is 8.44. The number of benzene rings is 1. The first-order chi connectivity index (χ1) is 16.3. The van der Waals surface area contributed by atoms with E-state index in [0.29, 0.717) is 36.2 Å². The van der Waals surface area contributed by atoms with Crippen LogP contribution in [0.1, 0.15) is 31.6 Å². The number of aryl methyl sites for hydroxylation is 1. The minimum atomic E-state index is -3.62. The number of hydrogen-bond donors (Lipinski definition) is 1. The molecule has 0 radical (unpaired) electrons. The van der Waals surface area contributed by atoms with Crippen molar-refractivity contribution in [3.63, 3.8) is 0 Å². The molecule has 0 spiro atoms. The van der Waals surface area contributed by atoms with Crippen molar-refractivity contribution < 1.29 is 17.7 Å². The van der Waals surface area contributed by atoms with Crippen LogP contribution in [0.3, 0.4) is 0 Å². The molecule has 0 aliphatic carbocycles. The molecule has 0 atom stereocenters. The number of sulfonamides is 1. The Morgan fingerprint density at radius 2 is 1.97 bits per heavy atom. The summed E-state index contributed by atoms with van der Waals surface area (Å²) in [4.78, 5) is 23.1. The highest BCUT2D eigenvalue weighted by Gasteiger charge is 2.27. The molecule has 2 aromatic heterocycles. The number of carbonyl (C=O) groups is 1. The second-order valence-corrected chi connectivity index (χ2v) is 10.3. The highest BCUT2D eigenvalue weighted by molar-refractivity contribution is 7.89. The van der Waals surface area contributed by atoms with Gasteiger partial charge in [0.1, 0.15) is 0 Å². The number of aromatic nitrogens is 3. The second-order valence-electron chi connectivity index (χ2n) is 8.34. The van der Waals surface area contributed by atoms with Crippen molar-refractivity contribution in [2.24, 2.45) is 0 Å². The maximum atomic E-state index is 13.1. The van der Waals surface area contributed by atoms with Crippen molar-refractivity contribution in [1.29, 1.82) is 0 Å². The lowest BCUT2D eigenvalue weighted by Crippen LogP contribution is -2.35. The van der Waals surface area contributed by atoms with Crippen molar-refractivity contribution in [1.82, 2.24) is 19.4 Å². The van der Waals surface area contributed by atoms with Crippen LogP contribution in [0.15, 0.2) is 52.1 Å². The molecule has 0 bridgehead atoms. The van der Waals surface area contributed by atoms with Gasteiger partial charge in [-0.25, -0.2) is 8.42 Å². The Morgan fingerprint density at radius 3 is 2.68 bits per heavy atom. The Bertz CT molecular complexity index is 1240. The first-order valence-corrected chi connectivity index (χ1v) is 12.6. The van der Waals surface area contributed by atoms with Crippen LogP contribution in [-0.4, -0.2) is 60.9 Å². The van der Waals surface area contributed by atoms with Gasteiger partial charge in [0.25, 0.3) is 0 Å². The molecule has 0 saturated carbocycles. The second kappa shape index (κ2) is 10.3. The molecule has 0 unspecified atom stereocenters. The van der Waals surface area contributed by atoms with Crippen LogP contribution in [-0.2, 0) is 21.2 Å². The highest BCUT2D eigenvalue weighted by Crippen LogP contribution is 2.30. The average molecular weight is 485 g/mol. The van der Waals surface area contributed by atoms with E-state index in [1.165, 1.54) is 10.4 Å². The van der Waals surface area contributed by atoms with E-state index < -0.39 is 10.0 Å². The molecule has 1 aliphatic rings. The molecule has 4 rings (SSSR count). The molecule has 11 heteroatoms. The predicted octanol–water partition coefficient (Wildman–Crippen LogP) is 2.94. The molecule has 3 aromatic rings. The lowest BCUT2D eigenvalue weighted by atomic mass is 10.2. The molecule has 34 heavy (non-hydrogen) atoms. The van der Waals surface area contributed by atoms with E-state index in [0.717, 1.165) is 24.8 Å².